The van der Waals surface area contributed by atoms with Crippen LogP contribution in [0.4, 0.5) is 5.69 Å². The molecule has 96 valence electrons. The summed E-state index contributed by atoms with van der Waals surface area (Å²) in [5.74, 6) is -0.812. The van der Waals surface area contributed by atoms with Crippen molar-refractivity contribution in [1.82, 2.24) is 20.4 Å². The first kappa shape index (κ1) is 12.1. The highest BCUT2D eigenvalue weighted by atomic mass is 16.2. The fourth-order valence-electron chi connectivity index (χ4n) is 1.62. The Morgan fingerprint density at radius 2 is 2.39 bits per heavy atom. The van der Waals surface area contributed by atoms with Gasteiger partial charge in [-0.05, 0) is 0 Å². The topological polar surface area (TPSA) is 105 Å². The normalized spacial score (nSPS) is 18.6. The lowest BCUT2D eigenvalue weighted by atomic mass is 10.2. The molecule has 0 aliphatic carbocycles. The molecule has 1 unspecified atom stereocenters. The van der Waals surface area contributed by atoms with Gasteiger partial charge in [0.25, 0.3) is 0 Å². The fraction of sp³-hybridized carbons (Fsp3) is 0.400. The molecule has 0 aromatic carbocycles. The van der Waals surface area contributed by atoms with Crippen molar-refractivity contribution >= 4 is 23.4 Å². The Morgan fingerprint density at radius 3 is 3.00 bits per heavy atom. The van der Waals surface area contributed by atoms with E-state index in [-0.39, 0.29) is 30.7 Å². The van der Waals surface area contributed by atoms with Crippen LogP contribution in [0, 0.1) is 0 Å². The number of carbonyl (C=O) groups excluding carboxylic acids is 3. The molecule has 1 aromatic heterocycles. The summed E-state index contributed by atoms with van der Waals surface area (Å²) >= 11 is 0. The molecule has 2 heterocycles. The quantitative estimate of drug-likeness (QED) is 0.562. The van der Waals surface area contributed by atoms with E-state index in [1.165, 1.54) is 10.9 Å². The lowest BCUT2D eigenvalue weighted by Crippen LogP contribution is -2.29. The van der Waals surface area contributed by atoms with E-state index in [2.05, 4.69) is 21.0 Å². The van der Waals surface area contributed by atoms with E-state index in [4.69, 9.17) is 0 Å². The first-order chi connectivity index (χ1) is 8.58. The van der Waals surface area contributed by atoms with Gasteiger partial charge in [-0.2, -0.15) is 5.10 Å². The maximum absolute atomic E-state index is 11.3. The maximum Gasteiger partial charge on any atom is 0.249 e. The van der Waals surface area contributed by atoms with Gasteiger partial charge in [-0.15, -0.1) is 0 Å². The lowest BCUT2D eigenvalue weighted by molar-refractivity contribution is -0.125. The van der Waals surface area contributed by atoms with Crippen LogP contribution in [0.5, 0.6) is 0 Å². The summed E-state index contributed by atoms with van der Waals surface area (Å²) in [6.07, 6.45) is 3.21. The molecule has 1 aromatic rings. The molecular weight excluding hydrogens is 238 g/mol. The molecule has 1 saturated heterocycles. The van der Waals surface area contributed by atoms with Gasteiger partial charge in [0, 0.05) is 13.2 Å². The van der Waals surface area contributed by atoms with Gasteiger partial charge in [0.1, 0.15) is 12.6 Å². The molecule has 0 spiro atoms. The minimum absolute atomic E-state index is 0.105. The second-order valence-corrected chi connectivity index (χ2v) is 3.91. The summed E-state index contributed by atoms with van der Waals surface area (Å²) in [5, 5.41) is 11.5. The Hall–Kier alpha value is -2.38. The van der Waals surface area contributed by atoms with Crippen LogP contribution in [0.25, 0.3) is 0 Å². The summed E-state index contributed by atoms with van der Waals surface area (Å²) < 4.78 is 1.44. The molecule has 0 saturated carbocycles. The van der Waals surface area contributed by atoms with Crippen LogP contribution in [0.1, 0.15) is 6.42 Å². The van der Waals surface area contributed by atoms with E-state index in [1.807, 2.05) is 0 Å². The predicted octanol–water partition coefficient (Wildman–Crippen LogP) is -1.54. The van der Waals surface area contributed by atoms with Crippen LogP contribution in [0.2, 0.25) is 0 Å². The first-order valence-electron chi connectivity index (χ1n) is 5.42. The minimum atomic E-state index is -0.574. The Morgan fingerprint density at radius 1 is 1.61 bits per heavy atom. The Bertz CT molecular complexity index is 495. The molecule has 0 bridgehead atoms. The SMILES string of the molecule is CNC(=O)Cn1cc(NC2CC(=O)NC2=O)cn1. The Kier molecular flexibility index (Phi) is 3.26. The van der Waals surface area contributed by atoms with Gasteiger partial charge in [-0.1, -0.05) is 0 Å². The number of rotatable bonds is 4. The summed E-state index contributed by atoms with van der Waals surface area (Å²) in [6.45, 7) is 0.105. The molecule has 18 heavy (non-hydrogen) atoms. The van der Waals surface area contributed by atoms with Crippen molar-refractivity contribution in [2.24, 2.45) is 0 Å². The highest BCUT2D eigenvalue weighted by molar-refractivity contribution is 6.06. The van der Waals surface area contributed by atoms with E-state index in [0.29, 0.717) is 5.69 Å². The molecule has 3 amide bonds. The number of anilines is 1. The summed E-state index contributed by atoms with van der Waals surface area (Å²) in [7, 11) is 1.54. The molecule has 8 nitrogen and oxygen atoms in total. The molecule has 1 aliphatic rings. The van der Waals surface area contributed by atoms with Crippen molar-refractivity contribution in [2.45, 2.75) is 19.0 Å². The number of hydrogen-bond donors (Lipinski definition) is 3. The van der Waals surface area contributed by atoms with Gasteiger partial charge in [0.2, 0.25) is 17.7 Å². The number of imide groups is 1. The van der Waals surface area contributed by atoms with Crippen molar-refractivity contribution in [3.8, 4) is 0 Å². The monoisotopic (exact) mass is 251 g/mol. The number of likely N-dealkylation sites (N-methyl/N-ethyl adjacent to an activating group) is 1. The molecule has 1 fully saturated rings. The minimum Gasteiger partial charge on any atom is -0.371 e. The molecule has 3 N–H and O–H groups in total. The molecular formula is C10H13N5O3. The molecule has 0 radical (unpaired) electrons. The van der Waals surface area contributed by atoms with Crippen LogP contribution in [0.15, 0.2) is 12.4 Å². The van der Waals surface area contributed by atoms with Crippen LogP contribution in [-0.2, 0) is 20.9 Å². The van der Waals surface area contributed by atoms with Crippen LogP contribution >= 0.6 is 0 Å². The summed E-state index contributed by atoms with van der Waals surface area (Å²) in [4.78, 5) is 33.5. The maximum atomic E-state index is 11.3. The number of nitrogens with zero attached hydrogens (tertiary/aromatic N) is 2. The summed E-state index contributed by atoms with van der Waals surface area (Å²) in [6, 6.07) is -0.574. The standard InChI is InChI=1S/C10H13N5O3/c1-11-9(17)5-15-4-6(3-12-15)13-7-2-8(16)14-10(7)18/h3-4,7,13H,2,5H2,1H3,(H,11,17)(H,14,16,18). The second-order valence-electron chi connectivity index (χ2n) is 3.91. The van der Waals surface area contributed by atoms with Crippen LogP contribution in [0.3, 0.4) is 0 Å². The van der Waals surface area contributed by atoms with Crippen molar-refractivity contribution in [3.63, 3.8) is 0 Å². The third-order valence-corrected chi connectivity index (χ3v) is 2.53. The van der Waals surface area contributed by atoms with Gasteiger partial charge in [0.15, 0.2) is 0 Å². The van der Waals surface area contributed by atoms with E-state index in [1.54, 1.807) is 13.2 Å². The van der Waals surface area contributed by atoms with Crippen molar-refractivity contribution in [3.05, 3.63) is 12.4 Å². The number of nitrogens with one attached hydrogen (secondary N) is 3. The van der Waals surface area contributed by atoms with E-state index < -0.39 is 6.04 Å². The molecule has 8 heteroatoms. The molecule has 1 aliphatic heterocycles. The number of hydrogen-bond acceptors (Lipinski definition) is 5. The van der Waals surface area contributed by atoms with Gasteiger partial charge >= 0.3 is 0 Å². The van der Waals surface area contributed by atoms with Gasteiger partial charge in [-0.25, -0.2) is 0 Å². The van der Waals surface area contributed by atoms with Crippen molar-refractivity contribution in [1.29, 1.82) is 0 Å². The molecule has 1 atom stereocenters. The zero-order chi connectivity index (χ0) is 13.1. The van der Waals surface area contributed by atoms with E-state index in [0.717, 1.165) is 0 Å². The Balaban J connectivity index is 1.96. The van der Waals surface area contributed by atoms with Gasteiger partial charge in [0.05, 0.1) is 18.3 Å². The van der Waals surface area contributed by atoms with Crippen LogP contribution < -0.4 is 16.0 Å². The van der Waals surface area contributed by atoms with E-state index >= 15 is 0 Å². The third kappa shape index (κ3) is 2.65. The highest BCUT2D eigenvalue weighted by Gasteiger charge is 2.30. The average Bonchev–Trinajstić information content (AvgIpc) is 2.87. The lowest BCUT2D eigenvalue weighted by Gasteiger charge is -2.07. The fourth-order valence-corrected chi connectivity index (χ4v) is 1.62. The average molecular weight is 251 g/mol. The largest absolute Gasteiger partial charge is 0.371 e. The first-order valence-corrected chi connectivity index (χ1v) is 5.42. The predicted molar refractivity (Wildman–Crippen MR) is 61.5 cm³/mol. The zero-order valence-corrected chi connectivity index (χ0v) is 9.77. The summed E-state index contributed by atoms with van der Waals surface area (Å²) in [5.41, 5.74) is 0.591. The molecule has 2 rings (SSSR count). The zero-order valence-electron chi connectivity index (χ0n) is 9.77. The van der Waals surface area contributed by atoms with Crippen molar-refractivity contribution in [2.75, 3.05) is 12.4 Å². The second kappa shape index (κ2) is 4.86. The van der Waals surface area contributed by atoms with Gasteiger partial charge in [-0.3, -0.25) is 24.4 Å². The smallest absolute Gasteiger partial charge is 0.249 e. The van der Waals surface area contributed by atoms with Crippen LogP contribution in [-0.4, -0.2) is 40.6 Å². The highest BCUT2D eigenvalue weighted by Crippen LogP contribution is 2.11. The number of amides is 3. The number of carbonyl (C=O) groups is 3. The Labute approximate surface area is 103 Å². The van der Waals surface area contributed by atoms with Crippen molar-refractivity contribution < 1.29 is 14.4 Å². The van der Waals surface area contributed by atoms with E-state index in [9.17, 15) is 14.4 Å². The number of aromatic nitrogens is 2. The van der Waals surface area contributed by atoms with Gasteiger partial charge < -0.3 is 10.6 Å². The third-order valence-electron chi connectivity index (χ3n) is 2.53.